The van der Waals surface area contributed by atoms with E-state index < -0.39 is 4.92 Å². The van der Waals surface area contributed by atoms with Crippen LogP contribution >= 0.6 is 0 Å². The van der Waals surface area contributed by atoms with E-state index in [0.717, 1.165) is 25.9 Å². The van der Waals surface area contributed by atoms with Gasteiger partial charge in [-0.2, -0.15) is 0 Å². The van der Waals surface area contributed by atoms with Crippen molar-refractivity contribution in [2.45, 2.75) is 19.3 Å². The van der Waals surface area contributed by atoms with E-state index >= 15 is 0 Å². The maximum Gasteiger partial charge on any atom is 0.320 e. The van der Waals surface area contributed by atoms with Crippen LogP contribution in [-0.2, 0) is 4.74 Å². The number of carbonyl (C=O) groups is 2. The second-order valence-electron chi connectivity index (χ2n) is 7.52. The number of piperidine rings is 1. The van der Waals surface area contributed by atoms with Crippen molar-refractivity contribution in [3.8, 4) is 0 Å². The number of nitrogens with zero attached hydrogens (tertiary/aromatic N) is 4. The molecule has 3 rings (SSSR count). The number of benzene rings is 1. The summed E-state index contributed by atoms with van der Waals surface area (Å²) in [7, 11) is 1.55. The highest BCUT2D eigenvalue weighted by atomic mass is 16.6. The largest absolute Gasteiger partial charge is 0.383 e. The zero-order valence-corrected chi connectivity index (χ0v) is 17.3. The summed E-state index contributed by atoms with van der Waals surface area (Å²) in [6, 6.07) is 4.50. The Bertz CT molecular complexity index is 773. The summed E-state index contributed by atoms with van der Waals surface area (Å²) >= 11 is 0. The van der Waals surface area contributed by atoms with Gasteiger partial charge in [-0.05, 0) is 31.4 Å². The number of nitro groups is 1. The Morgan fingerprint density at radius 3 is 2.30 bits per heavy atom. The van der Waals surface area contributed by atoms with Gasteiger partial charge in [0.2, 0.25) is 0 Å². The smallest absolute Gasteiger partial charge is 0.320 e. The number of nitrogens with one attached hydrogen (secondary N) is 1. The van der Waals surface area contributed by atoms with E-state index in [1.165, 1.54) is 12.5 Å². The summed E-state index contributed by atoms with van der Waals surface area (Å²) in [5.41, 5.74) is 0.483. The number of carbonyl (C=O) groups excluding carboxylic acids is 2. The number of hydrogen-bond donors (Lipinski definition) is 1. The van der Waals surface area contributed by atoms with Crippen LogP contribution in [-0.4, -0.2) is 91.1 Å². The molecule has 0 unspecified atom stereocenters. The third-order valence-electron chi connectivity index (χ3n) is 5.53. The van der Waals surface area contributed by atoms with E-state index in [1.807, 2.05) is 4.90 Å². The van der Waals surface area contributed by atoms with Crippen LogP contribution in [0.25, 0.3) is 0 Å². The van der Waals surface area contributed by atoms with Gasteiger partial charge in [0.15, 0.2) is 0 Å². The number of piperazine rings is 1. The normalized spacial score (nSPS) is 17.0. The number of methoxy groups -OCH3 is 1. The van der Waals surface area contributed by atoms with Crippen molar-refractivity contribution in [3.63, 3.8) is 0 Å². The first-order valence-electron chi connectivity index (χ1n) is 10.4. The van der Waals surface area contributed by atoms with Crippen LogP contribution in [0.15, 0.2) is 18.2 Å². The fraction of sp³-hybridized carbons (Fsp3) is 0.600. The lowest BCUT2D eigenvalue weighted by Gasteiger charge is -2.38. The Morgan fingerprint density at radius 1 is 1.03 bits per heavy atom. The van der Waals surface area contributed by atoms with E-state index in [4.69, 9.17) is 4.74 Å². The van der Waals surface area contributed by atoms with E-state index in [2.05, 4.69) is 5.32 Å². The number of ether oxygens (including phenoxy) is 1. The first kappa shape index (κ1) is 21.8. The van der Waals surface area contributed by atoms with Crippen LogP contribution in [0.1, 0.15) is 29.6 Å². The monoisotopic (exact) mass is 419 g/mol. The second-order valence-corrected chi connectivity index (χ2v) is 7.52. The van der Waals surface area contributed by atoms with Crippen molar-refractivity contribution in [2.75, 3.05) is 64.8 Å². The molecule has 10 nitrogen and oxygen atoms in total. The molecule has 3 amide bonds. The highest BCUT2D eigenvalue weighted by Gasteiger charge is 2.29. The summed E-state index contributed by atoms with van der Waals surface area (Å²) in [5, 5.41) is 14.4. The number of amides is 3. The number of hydrogen-bond acceptors (Lipinski definition) is 6. The van der Waals surface area contributed by atoms with E-state index in [1.54, 1.807) is 29.0 Å². The third kappa shape index (κ3) is 5.18. The predicted octanol–water partition coefficient (Wildman–Crippen LogP) is 2.02. The predicted molar refractivity (Wildman–Crippen MR) is 112 cm³/mol. The molecule has 1 aromatic rings. The maximum absolute atomic E-state index is 12.9. The van der Waals surface area contributed by atoms with E-state index in [9.17, 15) is 19.7 Å². The molecule has 2 saturated heterocycles. The molecule has 0 saturated carbocycles. The van der Waals surface area contributed by atoms with Crippen molar-refractivity contribution < 1.29 is 19.2 Å². The van der Waals surface area contributed by atoms with Crippen LogP contribution in [0.2, 0.25) is 0 Å². The minimum atomic E-state index is -0.499. The van der Waals surface area contributed by atoms with Crippen molar-refractivity contribution in [1.29, 1.82) is 0 Å². The third-order valence-corrected chi connectivity index (χ3v) is 5.53. The average molecular weight is 419 g/mol. The molecule has 1 N–H and O–H groups in total. The topological polar surface area (TPSA) is 108 Å². The summed E-state index contributed by atoms with van der Waals surface area (Å²) < 4.78 is 4.95. The van der Waals surface area contributed by atoms with Gasteiger partial charge in [0.1, 0.15) is 5.69 Å². The molecule has 2 heterocycles. The molecule has 10 heteroatoms. The van der Waals surface area contributed by atoms with Gasteiger partial charge in [-0.25, -0.2) is 4.79 Å². The summed E-state index contributed by atoms with van der Waals surface area (Å²) in [6.45, 7) is 4.22. The van der Waals surface area contributed by atoms with Gasteiger partial charge in [-0.15, -0.1) is 0 Å². The minimum Gasteiger partial charge on any atom is -0.383 e. The van der Waals surface area contributed by atoms with Gasteiger partial charge < -0.3 is 24.8 Å². The van der Waals surface area contributed by atoms with Gasteiger partial charge in [-0.3, -0.25) is 14.9 Å². The molecule has 0 radical (unpaired) electrons. The Balaban J connectivity index is 1.60. The molecule has 1 aromatic carbocycles. The van der Waals surface area contributed by atoms with Crippen molar-refractivity contribution in [1.82, 2.24) is 14.7 Å². The number of anilines is 1. The van der Waals surface area contributed by atoms with Gasteiger partial charge in [-0.1, -0.05) is 0 Å². The zero-order valence-electron chi connectivity index (χ0n) is 17.3. The van der Waals surface area contributed by atoms with E-state index in [0.29, 0.717) is 45.0 Å². The molecule has 2 fully saturated rings. The minimum absolute atomic E-state index is 0.0453. The second kappa shape index (κ2) is 10.2. The standard InChI is InChI=1S/C20H29N5O5/c1-30-14-7-21-17-6-5-16(15-18(17)25(28)29)19(26)22-10-12-24(13-11-22)20(27)23-8-3-2-4-9-23/h5-6,15,21H,2-4,7-14H2,1H3. The van der Waals surface area contributed by atoms with Gasteiger partial charge in [0.05, 0.1) is 11.5 Å². The van der Waals surface area contributed by atoms with Crippen molar-refractivity contribution >= 4 is 23.3 Å². The molecule has 0 aliphatic carbocycles. The number of urea groups is 1. The van der Waals surface area contributed by atoms with Crippen LogP contribution < -0.4 is 5.32 Å². The van der Waals surface area contributed by atoms with Crippen LogP contribution in [0.3, 0.4) is 0 Å². The molecular formula is C20H29N5O5. The molecule has 0 bridgehead atoms. The Labute approximate surface area is 175 Å². The van der Waals surface area contributed by atoms with Gasteiger partial charge >= 0.3 is 6.03 Å². The lowest BCUT2D eigenvalue weighted by Crippen LogP contribution is -2.54. The Kier molecular flexibility index (Phi) is 7.45. The molecule has 2 aliphatic heterocycles. The first-order chi connectivity index (χ1) is 14.5. The van der Waals surface area contributed by atoms with Crippen LogP contribution in [0.4, 0.5) is 16.2 Å². The Hall–Kier alpha value is -2.88. The summed E-state index contributed by atoms with van der Waals surface area (Å²) in [6.07, 6.45) is 3.25. The molecule has 164 valence electrons. The maximum atomic E-state index is 12.9. The number of likely N-dealkylation sites (tertiary alicyclic amines) is 1. The quantitative estimate of drug-likeness (QED) is 0.429. The van der Waals surface area contributed by atoms with Crippen molar-refractivity contribution in [3.05, 3.63) is 33.9 Å². The fourth-order valence-electron chi connectivity index (χ4n) is 3.82. The number of rotatable bonds is 6. The number of nitro benzene ring substituents is 1. The summed E-state index contributed by atoms with van der Waals surface area (Å²) in [4.78, 5) is 41.8. The lowest BCUT2D eigenvalue weighted by molar-refractivity contribution is -0.384. The molecule has 30 heavy (non-hydrogen) atoms. The molecular weight excluding hydrogens is 390 g/mol. The van der Waals surface area contributed by atoms with Crippen LogP contribution in [0.5, 0.6) is 0 Å². The fourth-order valence-corrected chi connectivity index (χ4v) is 3.82. The molecule has 0 aromatic heterocycles. The van der Waals surface area contributed by atoms with Gasteiger partial charge in [0.25, 0.3) is 11.6 Å². The average Bonchev–Trinajstić information content (AvgIpc) is 2.79. The highest BCUT2D eigenvalue weighted by molar-refractivity contribution is 5.96. The molecule has 0 atom stereocenters. The van der Waals surface area contributed by atoms with Crippen molar-refractivity contribution in [2.24, 2.45) is 0 Å². The summed E-state index contributed by atoms with van der Waals surface area (Å²) in [5.74, 6) is -0.258. The SMILES string of the molecule is COCCNc1ccc(C(=O)N2CCN(C(=O)N3CCCCC3)CC2)cc1[N+](=O)[O-]. The first-order valence-corrected chi connectivity index (χ1v) is 10.4. The molecule has 2 aliphatic rings. The van der Waals surface area contributed by atoms with E-state index in [-0.39, 0.29) is 23.2 Å². The highest BCUT2D eigenvalue weighted by Crippen LogP contribution is 2.26. The van der Waals surface area contributed by atoms with Gasteiger partial charge in [0, 0.05) is 64.6 Å². The Morgan fingerprint density at radius 2 is 1.67 bits per heavy atom. The zero-order chi connectivity index (χ0) is 21.5. The molecule has 0 spiro atoms. The lowest BCUT2D eigenvalue weighted by atomic mass is 10.1. The van der Waals surface area contributed by atoms with Crippen LogP contribution in [0, 0.1) is 10.1 Å².